The number of nitrogens with two attached hydrogens (primary N) is 2. The molecule has 6 N–H and O–H groups in total. The molecular weight excluding hydrogens is 524 g/mol. The number of nitrogen functional groups attached to an aromatic ring is 1. The average molecular weight is 557 g/mol. The Balaban J connectivity index is 1.60. The molecule has 2 aromatic carbocycles. The number of sulfonamides is 1. The van der Waals surface area contributed by atoms with Crippen molar-refractivity contribution in [3.8, 4) is 5.75 Å². The lowest BCUT2D eigenvalue weighted by atomic mass is 9.99. The molecule has 1 amide bonds. The minimum Gasteiger partial charge on any atom is -0.496 e. The molecule has 0 saturated carbocycles. The van der Waals surface area contributed by atoms with Crippen molar-refractivity contribution in [1.82, 2.24) is 15.1 Å². The molecule has 10 nitrogen and oxygen atoms in total. The maximum atomic E-state index is 13.0. The quantitative estimate of drug-likeness (QED) is 0.220. The molecule has 202 valence electrons. The second-order valence-corrected chi connectivity index (χ2v) is 12.1. The molecule has 0 spiro atoms. The van der Waals surface area contributed by atoms with E-state index >= 15 is 0 Å². The van der Waals surface area contributed by atoms with Gasteiger partial charge < -0.3 is 21.5 Å². The monoisotopic (exact) mass is 556 g/mol. The Labute approximate surface area is 226 Å². The number of ether oxygens (including phenoxy) is 1. The zero-order valence-corrected chi connectivity index (χ0v) is 23.1. The highest BCUT2D eigenvalue weighted by atomic mass is 32.2. The number of nitrogens with zero attached hydrogens (tertiary/aromatic N) is 2. The molecule has 2 atom stereocenters. The third-order valence-corrected chi connectivity index (χ3v) is 9.15. The third kappa shape index (κ3) is 5.93. The van der Waals surface area contributed by atoms with E-state index in [1.807, 2.05) is 50.2 Å². The Morgan fingerprint density at radius 1 is 1.16 bits per heavy atom. The number of amides is 1. The van der Waals surface area contributed by atoms with Gasteiger partial charge in [0.25, 0.3) is 10.0 Å². The Bertz CT molecular complexity index is 1550. The van der Waals surface area contributed by atoms with E-state index in [1.165, 1.54) is 13.2 Å². The summed E-state index contributed by atoms with van der Waals surface area (Å²) < 4.78 is 36.0. The van der Waals surface area contributed by atoms with Crippen molar-refractivity contribution in [3.63, 3.8) is 0 Å². The second kappa shape index (κ2) is 11.4. The van der Waals surface area contributed by atoms with E-state index < -0.39 is 16.1 Å². The van der Waals surface area contributed by atoms with Crippen LogP contribution in [0.1, 0.15) is 31.4 Å². The summed E-state index contributed by atoms with van der Waals surface area (Å²) in [5.41, 5.74) is 14.3. The summed E-state index contributed by atoms with van der Waals surface area (Å²) >= 11 is 0.975. The first kappa shape index (κ1) is 27.4. The summed E-state index contributed by atoms with van der Waals surface area (Å²) in [5, 5.41) is 8.46. The minimum absolute atomic E-state index is 0.0928. The normalized spacial score (nSPS) is 13.3. The first-order valence-electron chi connectivity index (χ1n) is 12.2. The largest absolute Gasteiger partial charge is 0.496 e. The fraction of sp³-hybridized carbons (Fsp3) is 0.308. The number of rotatable bonds is 11. The van der Waals surface area contributed by atoms with Crippen LogP contribution < -0.4 is 26.2 Å². The summed E-state index contributed by atoms with van der Waals surface area (Å²) in [6, 6.07) is 15.6. The predicted octanol–water partition coefficient (Wildman–Crippen LogP) is 3.53. The molecule has 2 heterocycles. The maximum absolute atomic E-state index is 13.0. The van der Waals surface area contributed by atoms with Gasteiger partial charge in [-0.3, -0.25) is 14.2 Å². The number of anilines is 2. The van der Waals surface area contributed by atoms with Crippen molar-refractivity contribution in [1.29, 1.82) is 0 Å². The van der Waals surface area contributed by atoms with Gasteiger partial charge in [0, 0.05) is 6.54 Å². The summed E-state index contributed by atoms with van der Waals surface area (Å²) in [5.74, 6) is 0.563. The van der Waals surface area contributed by atoms with Crippen LogP contribution >= 0.6 is 11.3 Å². The second-order valence-electron chi connectivity index (χ2n) is 9.07. The van der Waals surface area contributed by atoms with E-state index in [0.717, 1.165) is 28.9 Å². The van der Waals surface area contributed by atoms with Crippen LogP contribution in [0.15, 0.2) is 58.8 Å². The highest BCUT2D eigenvalue weighted by Crippen LogP contribution is 2.34. The SMILES string of the molecule is CCC(C)C(N)C(=O)NCc1cccc(Cn2nc(NS(=O)(=O)c3ccc(N)s3)c3c(OC)cccc32)c1. The molecular formula is C26H32N6O4S2. The fourth-order valence-corrected chi connectivity index (χ4v) is 6.15. The van der Waals surface area contributed by atoms with Gasteiger partial charge in [-0.15, -0.1) is 11.3 Å². The number of carbonyl (C=O) groups excluding carboxylic acids is 1. The van der Waals surface area contributed by atoms with Gasteiger partial charge in [0.05, 0.1) is 35.6 Å². The molecule has 38 heavy (non-hydrogen) atoms. The maximum Gasteiger partial charge on any atom is 0.272 e. The summed E-state index contributed by atoms with van der Waals surface area (Å²) in [4.78, 5) is 12.4. The van der Waals surface area contributed by atoms with Crippen LogP contribution in [0.2, 0.25) is 0 Å². The van der Waals surface area contributed by atoms with Gasteiger partial charge in [0.15, 0.2) is 5.82 Å². The van der Waals surface area contributed by atoms with Gasteiger partial charge in [-0.25, -0.2) is 8.42 Å². The Morgan fingerprint density at radius 3 is 2.58 bits per heavy atom. The van der Waals surface area contributed by atoms with Crippen LogP contribution in [0.5, 0.6) is 5.75 Å². The molecule has 2 unspecified atom stereocenters. The Kier molecular flexibility index (Phi) is 8.24. The highest BCUT2D eigenvalue weighted by molar-refractivity contribution is 7.94. The lowest BCUT2D eigenvalue weighted by Gasteiger charge is -2.17. The lowest BCUT2D eigenvalue weighted by molar-refractivity contribution is -0.123. The molecule has 0 bridgehead atoms. The topological polar surface area (TPSA) is 154 Å². The minimum atomic E-state index is -3.90. The van der Waals surface area contributed by atoms with Crippen molar-refractivity contribution in [2.75, 3.05) is 17.6 Å². The van der Waals surface area contributed by atoms with Crippen LogP contribution in [-0.4, -0.2) is 37.3 Å². The van der Waals surface area contributed by atoms with Gasteiger partial charge in [-0.1, -0.05) is 50.6 Å². The average Bonchev–Trinajstić information content (AvgIpc) is 3.50. The Hall–Kier alpha value is -3.61. The van der Waals surface area contributed by atoms with E-state index in [2.05, 4.69) is 15.1 Å². The summed E-state index contributed by atoms with van der Waals surface area (Å²) in [7, 11) is -2.38. The van der Waals surface area contributed by atoms with E-state index in [0.29, 0.717) is 34.7 Å². The zero-order valence-electron chi connectivity index (χ0n) is 21.5. The number of nitrogens with one attached hydrogen (secondary N) is 2. The standard InChI is InChI=1S/C26H32N6O4S2/c1-4-16(2)24(28)26(33)29-14-17-7-5-8-18(13-17)15-32-19-9-6-10-20(36-3)23(19)25(30-32)31-38(34,35)22-12-11-21(27)37-22/h5-13,16,24H,4,14-15,27-28H2,1-3H3,(H,29,33)(H,30,31). The molecule has 4 rings (SSSR count). The van der Waals surface area contributed by atoms with Crippen molar-refractivity contribution in [2.24, 2.45) is 11.7 Å². The molecule has 0 aliphatic rings. The van der Waals surface area contributed by atoms with Crippen LogP contribution in [0.3, 0.4) is 0 Å². The molecule has 0 aliphatic heterocycles. The number of fused-ring (bicyclic) bond motifs is 1. The van der Waals surface area contributed by atoms with Crippen LogP contribution in [0, 0.1) is 5.92 Å². The number of carbonyl (C=O) groups is 1. The van der Waals surface area contributed by atoms with Crippen molar-refractivity contribution < 1.29 is 17.9 Å². The predicted molar refractivity (Wildman–Crippen MR) is 151 cm³/mol. The number of aromatic nitrogens is 2. The number of benzene rings is 2. The summed E-state index contributed by atoms with van der Waals surface area (Å²) in [6.45, 7) is 4.67. The molecule has 4 aromatic rings. The van der Waals surface area contributed by atoms with E-state index in [4.69, 9.17) is 16.2 Å². The van der Waals surface area contributed by atoms with Gasteiger partial charge >= 0.3 is 0 Å². The number of thiophene rings is 1. The molecule has 12 heteroatoms. The molecule has 0 saturated heterocycles. The van der Waals surface area contributed by atoms with Gasteiger partial charge in [0.1, 0.15) is 9.96 Å². The van der Waals surface area contributed by atoms with Crippen LogP contribution in [-0.2, 0) is 27.9 Å². The van der Waals surface area contributed by atoms with Crippen molar-refractivity contribution in [2.45, 2.75) is 43.6 Å². The van der Waals surface area contributed by atoms with Crippen LogP contribution in [0.4, 0.5) is 10.8 Å². The first-order chi connectivity index (χ1) is 18.1. The molecule has 2 aromatic heterocycles. The van der Waals surface area contributed by atoms with E-state index in [-0.39, 0.29) is 21.9 Å². The molecule has 0 fully saturated rings. The Morgan fingerprint density at radius 2 is 1.89 bits per heavy atom. The number of hydrogen-bond acceptors (Lipinski definition) is 8. The summed E-state index contributed by atoms with van der Waals surface area (Å²) in [6.07, 6.45) is 0.826. The number of hydrogen-bond donors (Lipinski definition) is 4. The van der Waals surface area contributed by atoms with Gasteiger partial charge in [-0.2, -0.15) is 5.10 Å². The van der Waals surface area contributed by atoms with E-state index in [1.54, 1.807) is 16.8 Å². The smallest absolute Gasteiger partial charge is 0.272 e. The van der Waals surface area contributed by atoms with Crippen molar-refractivity contribution in [3.05, 3.63) is 65.7 Å². The van der Waals surface area contributed by atoms with Crippen molar-refractivity contribution >= 4 is 49.0 Å². The van der Waals surface area contributed by atoms with Gasteiger partial charge in [0.2, 0.25) is 5.91 Å². The lowest BCUT2D eigenvalue weighted by Crippen LogP contribution is -2.44. The first-order valence-corrected chi connectivity index (χ1v) is 14.5. The van der Waals surface area contributed by atoms with Gasteiger partial charge in [-0.05, 0) is 41.3 Å². The highest BCUT2D eigenvalue weighted by Gasteiger charge is 2.23. The van der Waals surface area contributed by atoms with E-state index in [9.17, 15) is 13.2 Å². The zero-order chi connectivity index (χ0) is 27.4. The molecule has 0 aliphatic carbocycles. The third-order valence-electron chi connectivity index (χ3n) is 6.41. The molecule has 0 radical (unpaired) electrons. The number of methoxy groups -OCH3 is 1. The van der Waals surface area contributed by atoms with Crippen LogP contribution in [0.25, 0.3) is 10.9 Å². The fourth-order valence-electron chi connectivity index (χ4n) is 4.05.